The zero-order valence-electron chi connectivity index (χ0n) is 13.7. The molecular formula is C18H23O3PS. The first-order valence-corrected chi connectivity index (χ1v) is 9.25. The minimum atomic E-state index is 0.205. The van der Waals surface area contributed by atoms with E-state index in [0.29, 0.717) is 25.8 Å². The molecule has 3 nitrogen and oxygen atoms in total. The molecular weight excluding hydrogens is 327 g/mol. The van der Waals surface area contributed by atoms with E-state index in [4.69, 9.17) is 9.47 Å². The van der Waals surface area contributed by atoms with Crippen molar-refractivity contribution in [2.45, 2.75) is 24.8 Å². The summed E-state index contributed by atoms with van der Waals surface area (Å²) < 4.78 is 10.6. The lowest BCUT2D eigenvalue weighted by Gasteiger charge is -2.20. The lowest BCUT2D eigenvalue weighted by molar-refractivity contribution is 0.361. The summed E-state index contributed by atoms with van der Waals surface area (Å²) in [7, 11) is 3.72. The third-order valence-corrected chi connectivity index (χ3v) is 6.04. The van der Waals surface area contributed by atoms with Gasteiger partial charge < -0.3 is 14.6 Å². The molecule has 5 heteroatoms. The zero-order chi connectivity index (χ0) is 16.8. The maximum atomic E-state index is 10.5. The molecule has 0 radical (unpaired) electrons. The van der Waals surface area contributed by atoms with Crippen LogP contribution in [0, 0.1) is 0 Å². The average molecular weight is 350 g/mol. The fraction of sp³-hybridized carbons (Fsp3) is 0.333. The van der Waals surface area contributed by atoms with Crippen molar-refractivity contribution < 1.29 is 14.6 Å². The Morgan fingerprint density at radius 1 is 1.17 bits per heavy atom. The summed E-state index contributed by atoms with van der Waals surface area (Å²) in [6, 6.07) is 11.9. The second-order valence-electron chi connectivity index (χ2n) is 5.19. The van der Waals surface area contributed by atoms with Gasteiger partial charge in [-0.2, -0.15) is 12.6 Å². The number of thiol groups is 1. The van der Waals surface area contributed by atoms with Crippen molar-refractivity contribution in [2.75, 3.05) is 14.2 Å². The monoisotopic (exact) mass is 350 g/mol. The van der Waals surface area contributed by atoms with Crippen molar-refractivity contribution in [3.05, 3.63) is 47.5 Å². The fourth-order valence-corrected chi connectivity index (χ4v) is 4.46. The molecule has 2 rings (SSSR count). The van der Waals surface area contributed by atoms with Crippen LogP contribution in [0.1, 0.15) is 30.1 Å². The van der Waals surface area contributed by atoms with E-state index in [1.807, 2.05) is 18.2 Å². The highest BCUT2D eigenvalue weighted by molar-refractivity contribution is 7.79. The van der Waals surface area contributed by atoms with Gasteiger partial charge in [-0.25, -0.2) is 0 Å². The highest BCUT2D eigenvalue weighted by Crippen LogP contribution is 2.46. The maximum absolute atomic E-state index is 10.5. The van der Waals surface area contributed by atoms with Crippen LogP contribution in [0.2, 0.25) is 0 Å². The minimum absolute atomic E-state index is 0.205. The molecule has 0 bridgehead atoms. The van der Waals surface area contributed by atoms with E-state index in [0.717, 1.165) is 12.0 Å². The second kappa shape index (κ2) is 8.47. The van der Waals surface area contributed by atoms with Gasteiger partial charge in [0.25, 0.3) is 0 Å². The van der Waals surface area contributed by atoms with E-state index in [1.165, 1.54) is 10.9 Å². The van der Waals surface area contributed by atoms with Crippen LogP contribution in [0.25, 0.3) is 0 Å². The lowest BCUT2D eigenvalue weighted by atomic mass is 10.1. The van der Waals surface area contributed by atoms with Crippen molar-refractivity contribution >= 4 is 26.5 Å². The normalized spacial score (nSPS) is 12.5. The van der Waals surface area contributed by atoms with Gasteiger partial charge in [-0.05, 0) is 23.4 Å². The summed E-state index contributed by atoms with van der Waals surface area (Å²) in [5.41, 5.74) is 2.32. The number of aromatic hydroxyl groups is 1. The number of ether oxygens (including phenoxy) is 2. The van der Waals surface area contributed by atoms with Gasteiger partial charge in [0, 0.05) is 23.0 Å². The highest BCUT2D eigenvalue weighted by atomic mass is 32.1. The Bertz CT molecular complexity index is 661. The number of phenols is 1. The summed E-state index contributed by atoms with van der Waals surface area (Å²) in [5.74, 6) is 2.06. The van der Waals surface area contributed by atoms with E-state index in [-0.39, 0.29) is 11.4 Å². The van der Waals surface area contributed by atoms with Crippen LogP contribution in [0.15, 0.2) is 36.4 Å². The van der Waals surface area contributed by atoms with Gasteiger partial charge in [-0.3, -0.25) is 0 Å². The molecule has 2 atom stereocenters. The molecule has 0 aliphatic heterocycles. The van der Waals surface area contributed by atoms with Crippen LogP contribution in [0.5, 0.6) is 17.2 Å². The summed E-state index contributed by atoms with van der Waals surface area (Å²) in [4.78, 5) is 0. The van der Waals surface area contributed by atoms with Gasteiger partial charge in [-0.15, -0.1) is 0 Å². The quantitative estimate of drug-likeness (QED) is 0.578. The molecule has 2 aromatic carbocycles. The third kappa shape index (κ3) is 4.13. The average Bonchev–Trinajstić information content (AvgIpc) is 2.60. The number of hydrogen-bond donors (Lipinski definition) is 2. The van der Waals surface area contributed by atoms with Gasteiger partial charge in [-0.1, -0.05) is 39.8 Å². The third-order valence-electron chi connectivity index (χ3n) is 3.83. The molecule has 2 aromatic rings. The Labute approximate surface area is 145 Å². The first-order chi connectivity index (χ1) is 11.1. The molecule has 0 fully saturated rings. The van der Waals surface area contributed by atoms with Gasteiger partial charge in [0.2, 0.25) is 0 Å². The first-order valence-electron chi connectivity index (χ1n) is 7.54. The topological polar surface area (TPSA) is 38.7 Å². The van der Waals surface area contributed by atoms with Gasteiger partial charge in [0.1, 0.15) is 5.75 Å². The molecule has 0 aliphatic carbocycles. The molecule has 1 N–H and O–H groups in total. The summed E-state index contributed by atoms with van der Waals surface area (Å²) in [5, 5.41) is 11.8. The van der Waals surface area contributed by atoms with Crippen LogP contribution < -0.4 is 14.8 Å². The summed E-state index contributed by atoms with van der Waals surface area (Å²) in [6.45, 7) is 2.13. The van der Waals surface area contributed by atoms with Crippen molar-refractivity contribution in [2.24, 2.45) is 0 Å². The Kier molecular flexibility index (Phi) is 6.61. The minimum Gasteiger partial charge on any atom is -0.504 e. The highest BCUT2D eigenvalue weighted by Gasteiger charge is 2.20. The number of phenolic OH excluding ortho intramolecular Hbond substituents is 1. The molecule has 0 aromatic heterocycles. The Balaban J connectivity index is 2.41. The largest absolute Gasteiger partial charge is 0.504 e. The van der Waals surface area contributed by atoms with E-state index in [1.54, 1.807) is 20.3 Å². The Morgan fingerprint density at radius 2 is 1.91 bits per heavy atom. The lowest BCUT2D eigenvalue weighted by Crippen LogP contribution is -2.06. The van der Waals surface area contributed by atoms with Crippen LogP contribution in [-0.4, -0.2) is 19.3 Å². The van der Waals surface area contributed by atoms with Crippen LogP contribution >= 0.6 is 21.2 Å². The fourth-order valence-electron chi connectivity index (χ4n) is 2.53. The number of hydrogen-bond acceptors (Lipinski definition) is 4. The summed E-state index contributed by atoms with van der Waals surface area (Å²) in [6.07, 6.45) is 0.920. The van der Waals surface area contributed by atoms with Gasteiger partial charge >= 0.3 is 0 Å². The predicted octanol–water partition coefficient (Wildman–Crippen LogP) is 4.29. The van der Waals surface area contributed by atoms with E-state index in [2.05, 4.69) is 31.7 Å². The standard InChI is InChI=1S/C18H23O3PS/c1-4-16(22-17-8-6-5-7-12(17)11-23)14-9-13(20-2)10-15(21-3)18(14)19/h5-10,16,19,22-23H,4,11H2,1-3H3. The van der Waals surface area contributed by atoms with E-state index in [9.17, 15) is 5.11 Å². The van der Waals surface area contributed by atoms with Crippen molar-refractivity contribution in [1.82, 2.24) is 0 Å². The van der Waals surface area contributed by atoms with Crippen LogP contribution in [0.3, 0.4) is 0 Å². The Morgan fingerprint density at radius 3 is 2.52 bits per heavy atom. The molecule has 0 amide bonds. The molecule has 0 saturated carbocycles. The number of rotatable bonds is 7. The molecule has 23 heavy (non-hydrogen) atoms. The van der Waals surface area contributed by atoms with Crippen molar-refractivity contribution in [1.29, 1.82) is 0 Å². The smallest absolute Gasteiger partial charge is 0.164 e. The van der Waals surface area contributed by atoms with Crippen LogP contribution in [0.4, 0.5) is 0 Å². The molecule has 0 saturated heterocycles. The van der Waals surface area contributed by atoms with Gasteiger partial charge in [0.15, 0.2) is 11.5 Å². The SMILES string of the molecule is CCC(Pc1ccccc1CS)c1cc(OC)cc(OC)c1O. The maximum Gasteiger partial charge on any atom is 0.164 e. The Hall–Kier alpha value is -1.38. The van der Waals surface area contributed by atoms with E-state index < -0.39 is 0 Å². The van der Waals surface area contributed by atoms with Gasteiger partial charge in [0.05, 0.1) is 14.2 Å². The zero-order valence-corrected chi connectivity index (χ0v) is 15.6. The van der Waals surface area contributed by atoms with Crippen LogP contribution in [-0.2, 0) is 5.75 Å². The molecule has 0 heterocycles. The second-order valence-corrected chi connectivity index (χ2v) is 7.03. The van der Waals surface area contributed by atoms with E-state index >= 15 is 0 Å². The van der Waals surface area contributed by atoms with Crippen molar-refractivity contribution in [3.63, 3.8) is 0 Å². The summed E-state index contributed by atoms with van der Waals surface area (Å²) >= 11 is 4.42. The molecule has 124 valence electrons. The predicted molar refractivity (Wildman–Crippen MR) is 101 cm³/mol. The number of methoxy groups -OCH3 is 2. The number of benzene rings is 2. The molecule has 0 spiro atoms. The molecule has 2 unspecified atom stereocenters. The first kappa shape index (κ1) is 18.0. The molecule has 0 aliphatic rings. The van der Waals surface area contributed by atoms with Crippen molar-refractivity contribution in [3.8, 4) is 17.2 Å².